The molecule has 1 N–H and O–H groups in total. The zero-order valence-corrected chi connectivity index (χ0v) is 15.8. The van der Waals surface area contributed by atoms with E-state index in [2.05, 4.69) is 15.1 Å². The number of rotatable bonds is 6. The Labute approximate surface area is 159 Å². The lowest BCUT2D eigenvalue weighted by atomic mass is 9.96. The lowest BCUT2D eigenvalue weighted by Gasteiger charge is -2.34. The molecular weight excluding hydrogens is 357 g/mol. The molecule has 0 aliphatic carbocycles. The lowest BCUT2D eigenvalue weighted by molar-refractivity contribution is 0.0314. The van der Waals surface area contributed by atoms with Crippen molar-refractivity contribution < 1.29 is 13.9 Å². The summed E-state index contributed by atoms with van der Waals surface area (Å²) >= 11 is 5.81. The quantitative estimate of drug-likeness (QED) is 0.818. The Balaban J connectivity index is 1.35. The number of carbonyl (C=O) groups is 1. The summed E-state index contributed by atoms with van der Waals surface area (Å²) in [5.74, 6) is -0.278. The first-order chi connectivity index (χ1) is 12.6. The molecular formula is C19H27ClFN3O2. The van der Waals surface area contributed by atoms with Gasteiger partial charge in [0, 0.05) is 43.3 Å². The number of amides is 1. The van der Waals surface area contributed by atoms with E-state index >= 15 is 0 Å². The maximum atomic E-state index is 13.4. The number of benzene rings is 1. The fourth-order valence-corrected chi connectivity index (χ4v) is 3.77. The Bertz CT molecular complexity index is 582. The number of hydrogen-bond donors (Lipinski definition) is 1. The molecule has 0 atom stereocenters. The fourth-order valence-electron chi connectivity index (χ4n) is 3.55. The number of piperidine rings is 1. The summed E-state index contributed by atoms with van der Waals surface area (Å²) < 4.78 is 18.7. The van der Waals surface area contributed by atoms with Crippen LogP contribution in [-0.2, 0) is 4.74 Å². The average molecular weight is 384 g/mol. The van der Waals surface area contributed by atoms with Gasteiger partial charge in [-0.3, -0.25) is 9.69 Å². The van der Waals surface area contributed by atoms with Gasteiger partial charge in [0.1, 0.15) is 5.82 Å². The van der Waals surface area contributed by atoms with E-state index in [1.54, 1.807) is 0 Å². The molecule has 144 valence electrons. The second-order valence-corrected chi connectivity index (χ2v) is 7.54. The van der Waals surface area contributed by atoms with E-state index in [1.165, 1.54) is 18.2 Å². The van der Waals surface area contributed by atoms with Crippen molar-refractivity contribution in [1.29, 1.82) is 0 Å². The average Bonchev–Trinajstić information content (AvgIpc) is 2.65. The monoisotopic (exact) mass is 383 g/mol. The van der Waals surface area contributed by atoms with Crippen LogP contribution in [0.15, 0.2) is 18.2 Å². The molecule has 0 radical (unpaired) electrons. The van der Waals surface area contributed by atoms with Crippen molar-refractivity contribution in [3.8, 4) is 0 Å². The number of nitrogens with one attached hydrogen (secondary N) is 1. The largest absolute Gasteiger partial charge is 0.379 e. The van der Waals surface area contributed by atoms with Gasteiger partial charge in [0.05, 0.1) is 13.2 Å². The molecule has 0 bridgehead atoms. The molecule has 0 spiro atoms. The van der Waals surface area contributed by atoms with Crippen molar-refractivity contribution in [3.05, 3.63) is 34.6 Å². The van der Waals surface area contributed by atoms with Gasteiger partial charge in [-0.15, -0.1) is 0 Å². The van der Waals surface area contributed by atoms with E-state index in [1.807, 2.05) is 0 Å². The number of nitrogens with zero attached hydrogens (tertiary/aromatic N) is 2. The maximum Gasteiger partial charge on any atom is 0.251 e. The van der Waals surface area contributed by atoms with E-state index in [0.717, 1.165) is 65.3 Å². The fraction of sp³-hybridized carbons (Fsp3) is 0.632. The molecule has 7 heteroatoms. The van der Waals surface area contributed by atoms with Crippen molar-refractivity contribution in [2.45, 2.75) is 12.8 Å². The van der Waals surface area contributed by atoms with Crippen LogP contribution in [0.3, 0.4) is 0 Å². The zero-order chi connectivity index (χ0) is 18.4. The second-order valence-electron chi connectivity index (χ2n) is 7.11. The Morgan fingerprint density at radius 2 is 1.77 bits per heavy atom. The maximum absolute atomic E-state index is 13.4. The molecule has 0 saturated carbocycles. The third-order valence-corrected chi connectivity index (χ3v) is 5.44. The van der Waals surface area contributed by atoms with Gasteiger partial charge < -0.3 is 15.0 Å². The summed E-state index contributed by atoms with van der Waals surface area (Å²) in [6.07, 6.45) is 2.15. The molecule has 26 heavy (non-hydrogen) atoms. The summed E-state index contributed by atoms with van der Waals surface area (Å²) in [6, 6.07) is 3.91. The highest BCUT2D eigenvalue weighted by atomic mass is 35.5. The molecule has 2 heterocycles. The van der Waals surface area contributed by atoms with Gasteiger partial charge in [-0.05, 0) is 50.0 Å². The highest BCUT2D eigenvalue weighted by Crippen LogP contribution is 2.17. The summed E-state index contributed by atoms with van der Waals surface area (Å²) in [7, 11) is 0. The van der Waals surface area contributed by atoms with Gasteiger partial charge in [0.15, 0.2) is 0 Å². The Morgan fingerprint density at radius 3 is 2.42 bits per heavy atom. The predicted octanol–water partition coefficient (Wildman–Crippen LogP) is 2.25. The summed E-state index contributed by atoms with van der Waals surface area (Å²) in [5.41, 5.74) is 0.276. The first-order valence-electron chi connectivity index (χ1n) is 9.37. The van der Waals surface area contributed by atoms with Crippen molar-refractivity contribution in [2.24, 2.45) is 5.92 Å². The summed E-state index contributed by atoms with van der Waals surface area (Å²) in [6.45, 7) is 8.72. The molecule has 1 aromatic carbocycles. The van der Waals surface area contributed by atoms with E-state index in [9.17, 15) is 9.18 Å². The van der Waals surface area contributed by atoms with Crippen LogP contribution in [0.25, 0.3) is 0 Å². The molecule has 2 aliphatic heterocycles. The van der Waals surface area contributed by atoms with Crippen molar-refractivity contribution >= 4 is 17.5 Å². The Hall–Kier alpha value is -1.21. The van der Waals surface area contributed by atoms with Crippen molar-refractivity contribution in [3.63, 3.8) is 0 Å². The van der Waals surface area contributed by atoms with Gasteiger partial charge >= 0.3 is 0 Å². The second kappa shape index (κ2) is 9.65. The van der Waals surface area contributed by atoms with Crippen LogP contribution in [0.4, 0.5) is 4.39 Å². The standard InChI is InChI=1S/C19H27ClFN3O2/c20-17-11-16(12-18(21)13-17)19(25)22-14-15-1-3-23(4-2-15)5-6-24-7-9-26-10-8-24/h11-13,15H,1-10,14H2,(H,22,25). The minimum absolute atomic E-state index is 0.240. The van der Waals surface area contributed by atoms with Crippen LogP contribution >= 0.6 is 11.6 Å². The number of likely N-dealkylation sites (tertiary alicyclic amines) is 1. The minimum atomic E-state index is -0.490. The van der Waals surface area contributed by atoms with E-state index in [0.29, 0.717) is 12.5 Å². The molecule has 3 rings (SSSR count). The summed E-state index contributed by atoms with van der Waals surface area (Å²) in [4.78, 5) is 17.1. The first kappa shape index (κ1) is 19.5. The van der Waals surface area contributed by atoms with Crippen LogP contribution in [0, 0.1) is 11.7 Å². The molecule has 0 aromatic heterocycles. The topological polar surface area (TPSA) is 44.8 Å². The van der Waals surface area contributed by atoms with Crippen LogP contribution in [0.1, 0.15) is 23.2 Å². The van der Waals surface area contributed by atoms with E-state index in [-0.39, 0.29) is 16.5 Å². The Morgan fingerprint density at radius 1 is 1.12 bits per heavy atom. The van der Waals surface area contributed by atoms with E-state index < -0.39 is 5.82 Å². The molecule has 2 fully saturated rings. The van der Waals surface area contributed by atoms with Gasteiger partial charge in [-0.25, -0.2) is 4.39 Å². The highest BCUT2D eigenvalue weighted by Gasteiger charge is 2.21. The third kappa shape index (κ3) is 5.91. The molecule has 2 saturated heterocycles. The zero-order valence-electron chi connectivity index (χ0n) is 15.1. The molecule has 5 nitrogen and oxygen atoms in total. The molecule has 0 unspecified atom stereocenters. The van der Waals surface area contributed by atoms with Crippen LogP contribution in [0.5, 0.6) is 0 Å². The van der Waals surface area contributed by atoms with Gasteiger partial charge in [0.25, 0.3) is 5.91 Å². The smallest absolute Gasteiger partial charge is 0.251 e. The third-order valence-electron chi connectivity index (χ3n) is 5.22. The van der Waals surface area contributed by atoms with Gasteiger partial charge in [0.2, 0.25) is 0 Å². The summed E-state index contributed by atoms with van der Waals surface area (Å²) in [5, 5.41) is 3.16. The molecule has 2 aliphatic rings. The lowest BCUT2D eigenvalue weighted by Crippen LogP contribution is -2.44. The highest BCUT2D eigenvalue weighted by molar-refractivity contribution is 6.31. The normalized spacial score (nSPS) is 20.2. The van der Waals surface area contributed by atoms with Crippen molar-refractivity contribution in [2.75, 3.05) is 59.0 Å². The molecule has 1 aromatic rings. The predicted molar refractivity (Wildman–Crippen MR) is 100 cm³/mol. The van der Waals surface area contributed by atoms with Gasteiger partial charge in [-0.2, -0.15) is 0 Å². The SMILES string of the molecule is O=C(NCC1CCN(CCN2CCOCC2)CC1)c1cc(F)cc(Cl)c1. The number of carbonyl (C=O) groups excluding carboxylic acids is 1. The molecule has 1 amide bonds. The first-order valence-corrected chi connectivity index (χ1v) is 9.75. The Kier molecular flexibility index (Phi) is 7.25. The van der Waals surface area contributed by atoms with E-state index in [4.69, 9.17) is 16.3 Å². The number of halogens is 2. The van der Waals surface area contributed by atoms with Crippen LogP contribution in [-0.4, -0.2) is 74.7 Å². The number of morpholine rings is 1. The van der Waals surface area contributed by atoms with Crippen molar-refractivity contribution in [1.82, 2.24) is 15.1 Å². The number of hydrogen-bond acceptors (Lipinski definition) is 4. The van der Waals surface area contributed by atoms with Crippen LogP contribution < -0.4 is 5.32 Å². The van der Waals surface area contributed by atoms with Gasteiger partial charge in [-0.1, -0.05) is 11.6 Å². The van der Waals surface area contributed by atoms with Crippen LogP contribution in [0.2, 0.25) is 5.02 Å². The minimum Gasteiger partial charge on any atom is -0.379 e. The number of ether oxygens (including phenoxy) is 1.